The van der Waals surface area contributed by atoms with E-state index in [1.54, 1.807) is 0 Å². The fourth-order valence-electron chi connectivity index (χ4n) is 2.87. The van der Waals surface area contributed by atoms with E-state index in [1.165, 1.54) is 0 Å². The second-order valence-electron chi connectivity index (χ2n) is 5.69. The molecule has 2 unspecified atom stereocenters. The lowest BCUT2D eigenvalue weighted by Crippen LogP contribution is -2.34. The van der Waals surface area contributed by atoms with Crippen molar-refractivity contribution in [2.24, 2.45) is 11.7 Å². The van der Waals surface area contributed by atoms with Crippen LogP contribution in [0, 0.1) is 5.92 Å². The molecular formula is C17H26N2O3. The molecule has 0 spiro atoms. The molecule has 0 aliphatic carbocycles. The van der Waals surface area contributed by atoms with Crippen LogP contribution in [0.4, 0.5) is 0 Å². The lowest BCUT2D eigenvalue weighted by atomic mass is 10.1. The van der Waals surface area contributed by atoms with E-state index in [0.29, 0.717) is 43.6 Å². The molecule has 1 amide bonds. The molecule has 0 aromatic heterocycles. The minimum Gasteiger partial charge on any atom is -0.490 e. The Hall–Kier alpha value is -1.59. The Morgan fingerprint density at radius 3 is 2.82 bits per heavy atom. The number of hydrogen-bond donors (Lipinski definition) is 1. The van der Waals surface area contributed by atoms with Crippen LogP contribution in [0.1, 0.15) is 30.6 Å². The van der Waals surface area contributed by atoms with Gasteiger partial charge in [0.1, 0.15) is 12.4 Å². The third-order valence-corrected chi connectivity index (χ3v) is 4.06. The van der Waals surface area contributed by atoms with E-state index < -0.39 is 0 Å². The Morgan fingerprint density at radius 1 is 1.36 bits per heavy atom. The van der Waals surface area contributed by atoms with Crippen LogP contribution >= 0.6 is 0 Å². The van der Waals surface area contributed by atoms with Gasteiger partial charge in [-0.05, 0) is 44.9 Å². The lowest BCUT2D eigenvalue weighted by molar-refractivity contribution is 0.0733. The highest BCUT2D eigenvalue weighted by Gasteiger charge is 2.33. The Balaban J connectivity index is 2.06. The van der Waals surface area contributed by atoms with Crippen molar-refractivity contribution in [3.63, 3.8) is 0 Å². The second kappa shape index (κ2) is 8.15. The number of amides is 1. The summed E-state index contributed by atoms with van der Waals surface area (Å²) in [5.41, 5.74) is 6.36. The molecule has 2 rings (SSSR count). The normalized spacial score (nSPS) is 21.1. The van der Waals surface area contributed by atoms with E-state index in [0.717, 1.165) is 13.0 Å². The standard InChI is InChI=1S/C17H26N2O3/c1-3-21-8-9-22-16-7-5-4-6-15(16)17(20)19-12-14(11-18)10-13(19)2/h4-7,13-14H,3,8-12,18H2,1-2H3. The van der Waals surface area contributed by atoms with Gasteiger partial charge in [-0.25, -0.2) is 0 Å². The molecule has 0 saturated carbocycles. The number of hydrogen-bond acceptors (Lipinski definition) is 4. The van der Waals surface area contributed by atoms with E-state index in [1.807, 2.05) is 36.1 Å². The SMILES string of the molecule is CCOCCOc1ccccc1C(=O)N1CC(CN)CC1C. The largest absolute Gasteiger partial charge is 0.490 e. The molecule has 1 heterocycles. The van der Waals surface area contributed by atoms with Crippen molar-refractivity contribution < 1.29 is 14.3 Å². The molecule has 1 aromatic rings. The first-order valence-electron chi connectivity index (χ1n) is 7.98. The van der Waals surface area contributed by atoms with Gasteiger partial charge in [0.25, 0.3) is 5.91 Å². The third kappa shape index (κ3) is 3.99. The van der Waals surface area contributed by atoms with E-state index >= 15 is 0 Å². The summed E-state index contributed by atoms with van der Waals surface area (Å²) >= 11 is 0. The maximum absolute atomic E-state index is 12.8. The molecule has 1 aliphatic heterocycles. The van der Waals surface area contributed by atoms with Crippen molar-refractivity contribution in [1.82, 2.24) is 4.90 Å². The average Bonchev–Trinajstić information content (AvgIpc) is 2.92. The second-order valence-corrected chi connectivity index (χ2v) is 5.69. The lowest BCUT2D eigenvalue weighted by Gasteiger charge is -2.23. The number of ether oxygens (including phenoxy) is 2. The van der Waals surface area contributed by atoms with Crippen molar-refractivity contribution in [3.8, 4) is 5.75 Å². The van der Waals surface area contributed by atoms with Crippen LogP contribution in [0.2, 0.25) is 0 Å². The van der Waals surface area contributed by atoms with Crippen molar-refractivity contribution in [1.29, 1.82) is 0 Å². The van der Waals surface area contributed by atoms with E-state index in [9.17, 15) is 4.79 Å². The summed E-state index contributed by atoms with van der Waals surface area (Å²) in [6.07, 6.45) is 0.968. The van der Waals surface area contributed by atoms with Gasteiger partial charge in [-0.15, -0.1) is 0 Å². The zero-order valence-electron chi connectivity index (χ0n) is 13.5. The molecule has 2 atom stereocenters. The third-order valence-electron chi connectivity index (χ3n) is 4.06. The first kappa shape index (κ1) is 16.8. The van der Waals surface area contributed by atoms with Gasteiger partial charge in [-0.2, -0.15) is 0 Å². The highest BCUT2D eigenvalue weighted by molar-refractivity contribution is 5.97. The Labute approximate surface area is 132 Å². The van der Waals surface area contributed by atoms with Crippen LogP contribution in [-0.2, 0) is 4.74 Å². The number of likely N-dealkylation sites (tertiary alicyclic amines) is 1. The van der Waals surface area contributed by atoms with E-state index in [4.69, 9.17) is 15.2 Å². The van der Waals surface area contributed by atoms with Gasteiger partial charge in [0.05, 0.1) is 12.2 Å². The highest BCUT2D eigenvalue weighted by Crippen LogP contribution is 2.27. The number of benzene rings is 1. The van der Waals surface area contributed by atoms with Crippen LogP contribution < -0.4 is 10.5 Å². The number of rotatable bonds is 7. The van der Waals surface area contributed by atoms with Crippen LogP contribution in [0.25, 0.3) is 0 Å². The van der Waals surface area contributed by atoms with Crippen molar-refractivity contribution >= 4 is 5.91 Å². The van der Waals surface area contributed by atoms with Crippen LogP contribution in [0.5, 0.6) is 5.75 Å². The average molecular weight is 306 g/mol. The topological polar surface area (TPSA) is 64.8 Å². The molecule has 122 valence electrons. The molecule has 0 bridgehead atoms. The van der Waals surface area contributed by atoms with Gasteiger partial charge in [-0.1, -0.05) is 12.1 Å². The number of para-hydroxylation sites is 1. The van der Waals surface area contributed by atoms with Crippen molar-refractivity contribution in [2.45, 2.75) is 26.3 Å². The van der Waals surface area contributed by atoms with Gasteiger partial charge >= 0.3 is 0 Å². The molecule has 1 saturated heterocycles. The van der Waals surface area contributed by atoms with E-state index in [-0.39, 0.29) is 11.9 Å². The molecule has 0 radical (unpaired) electrons. The van der Waals surface area contributed by atoms with Gasteiger partial charge in [-0.3, -0.25) is 4.79 Å². The predicted molar refractivity (Wildman–Crippen MR) is 86.1 cm³/mol. The maximum atomic E-state index is 12.8. The summed E-state index contributed by atoms with van der Waals surface area (Å²) < 4.78 is 11.0. The summed E-state index contributed by atoms with van der Waals surface area (Å²) in [6.45, 7) is 7.00. The van der Waals surface area contributed by atoms with Crippen LogP contribution in [0.15, 0.2) is 24.3 Å². The zero-order chi connectivity index (χ0) is 15.9. The van der Waals surface area contributed by atoms with Crippen LogP contribution in [0.3, 0.4) is 0 Å². The molecular weight excluding hydrogens is 280 g/mol. The molecule has 2 N–H and O–H groups in total. The monoisotopic (exact) mass is 306 g/mol. The molecule has 5 nitrogen and oxygen atoms in total. The van der Waals surface area contributed by atoms with Crippen LogP contribution in [-0.4, -0.2) is 49.8 Å². The Morgan fingerprint density at radius 2 is 2.14 bits per heavy atom. The summed E-state index contributed by atoms with van der Waals surface area (Å²) in [5.74, 6) is 1.04. The quantitative estimate of drug-likeness (QED) is 0.782. The summed E-state index contributed by atoms with van der Waals surface area (Å²) in [5, 5.41) is 0. The molecule has 1 fully saturated rings. The summed E-state index contributed by atoms with van der Waals surface area (Å²) in [4.78, 5) is 14.7. The Bertz CT molecular complexity index is 493. The van der Waals surface area contributed by atoms with Crippen molar-refractivity contribution in [3.05, 3.63) is 29.8 Å². The van der Waals surface area contributed by atoms with Gasteiger partial charge < -0.3 is 20.1 Å². The molecule has 1 aromatic carbocycles. The summed E-state index contributed by atoms with van der Waals surface area (Å²) in [7, 11) is 0. The minimum atomic E-state index is 0.0236. The fourth-order valence-corrected chi connectivity index (χ4v) is 2.87. The summed E-state index contributed by atoms with van der Waals surface area (Å²) in [6, 6.07) is 7.62. The Kier molecular flexibility index (Phi) is 6.21. The molecule has 1 aliphatic rings. The van der Waals surface area contributed by atoms with E-state index in [2.05, 4.69) is 6.92 Å². The maximum Gasteiger partial charge on any atom is 0.257 e. The molecule has 22 heavy (non-hydrogen) atoms. The fraction of sp³-hybridized carbons (Fsp3) is 0.588. The molecule has 5 heteroatoms. The first-order valence-corrected chi connectivity index (χ1v) is 7.98. The minimum absolute atomic E-state index is 0.0236. The zero-order valence-corrected chi connectivity index (χ0v) is 13.5. The van der Waals surface area contributed by atoms with Gasteiger partial charge in [0.2, 0.25) is 0 Å². The first-order chi connectivity index (χ1) is 10.7. The predicted octanol–water partition coefficient (Wildman–Crippen LogP) is 1.91. The number of carbonyl (C=O) groups is 1. The highest BCUT2D eigenvalue weighted by atomic mass is 16.5. The van der Waals surface area contributed by atoms with Gasteiger partial charge in [0, 0.05) is 19.2 Å². The number of nitrogens with two attached hydrogens (primary N) is 1. The van der Waals surface area contributed by atoms with Crippen molar-refractivity contribution in [2.75, 3.05) is 32.9 Å². The smallest absolute Gasteiger partial charge is 0.257 e. The number of nitrogens with zero attached hydrogens (tertiary/aromatic N) is 1. The van der Waals surface area contributed by atoms with Gasteiger partial charge in [0.15, 0.2) is 0 Å². The number of carbonyl (C=O) groups excluding carboxylic acids is 1.